The van der Waals surface area contributed by atoms with E-state index in [-0.39, 0.29) is 0 Å². The Balaban J connectivity index is 2.10. The number of carbonyl (C=O) groups excluding carboxylic acids is 1. The molecule has 0 atom stereocenters. The molecular weight excluding hydrogens is 331 g/mol. The van der Waals surface area contributed by atoms with Crippen LogP contribution in [-0.4, -0.2) is 39.6 Å². The molecule has 0 saturated carbocycles. The van der Waals surface area contributed by atoms with Crippen molar-refractivity contribution in [2.45, 2.75) is 72.2 Å². The van der Waals surface area contributed by atoms with Gasteiger partial charge in [-0.15, -0.1) is 0 Å². The zero-order valence-electron chi connectivity index (χ0n) is 16.8. The second-order valence-electron chi connectivity index (χ2n) is 8.91. The number of hydrogen-bond donors (Lipinski definition) is 0. The van der Waals surface area contributed by atoms with Crippen LogP contribution in [-0.2, 0) is 14.0 Å². The van der Waals surface area contributed by atoms with Crippen LogP contribution in [0.1, 0.15) is 54.0 Å². The molecule has 7 heteroatoms. The number of fused-ring (bicyclic) bond motifs is 1. The average molecular weight is 358 g/mol. The Labute approximate surface area is 155 Å². The number of pyridine rings is 1. The highest BCUT2D eigenvalue weighted by Crippen LogP contribution is 2.37. The third kappa shape index (κ3) is 3.26. The van der Waals surface area contributed by atoms with E-state index in [0.717, 1.165) is 16.4 Å². The fourth-order valence-electron chi connectivity index (χ4n) is 2.84. The summed E-state index contributed by atoms with van der Waals surface area (Å²) in [6.07, 6.45) is 2.98. The smallest absolute Gasteiger partial charge is 0.443 e. The minimum Gasteiger partial charge on any atom is -0.443 e. The summed E-state index contributed by atoms with van der Waals surface area (Å²) in [5, 5.41) is 0.828. The van der Waals surface area contributed by atoms with Crippen molar-refractivity contribution in [3.63, 3.8) is 0 Å². The van der Waals surface area contributed by atoms with Crippen LogP contribution in [0.4, 0.5) is 4.79 Å². The van der Waals surface area contributed by atoms with E-state index in [1.54, 1.807) is 12.4 Å². The van der Waals surface area contributed by atoms with Gasteiger partial charge in [0, 0.05) is 23.2 Å². The minimum absolute atomic E-state index is 0.463. The van der Waals surface area contributed by atoms with Crippen LogP contribution in [0.5, 0.6) is 0 Å². The van der Waals surface area contributed by atoms with Gasteiger partial charge in [-0.1, -0.05) is 0 Å². The second kappa shape index (κ2) is 5.82. The molecule has 140 valence electrons. The molecule has 1 aliphatic rings. The van der Waals surface area contributed by atoms with Gasteiger partial charge in [0.1, 0.15) is 11.2 Å². The molecule has 0 amide bonds. The van der Waals surface area contributed by atoms with E-state index in [4.69, 9.17) is 14.0 Å². The number of hydrogen-bond acceptors (Lipinski definition) is 5. The first-order valence-electron chi connectivity index (χ1n) is 8.87. The van der Waals surface area contributed by atoms with E-state index < -0.39 is 30.0 Å². The molecule has 0 aromatic carbocycles. The van der Waals surface area contributed by atoms with Gasteiger partial charge in [-0.2, -0.15) is 0 Å². The summed E-state index contributed by atoms with van der Waals surface area (Å²) in [6, 6.07) is 1.99. The quantitative estimate of drug-likeness (QED) is 0.731. The maximum absolute atomic E-state index is 12.7. The number of ether oxygens (including phenoxy) is 1. The van der Waals surface area contributed by atoms with Crippen molar-refractivity contribution in [3.8, 4) is 0 Å². The van der Waals surface area contributed by atoms with Crippen molar-refractivity contribution >= 4 is 29.7 Å². The molecule has 26 heavy (non-hydrogen) atoms. The predicted molar refractivity (Wildman–Crippen MR) is 102 cm³/mol. The fourth-order valence-corrected chi connectivity index (χ4v) is 2.84. The molecular formula is C19H27BN2O4. The SMILES string of the molecule is Cc1cnc2c(c1)c(B1OC(C)(C)C(C)(C)O1)cn2C(=O)OC(C)(C)C. The van der Waals surface area contributed by atoms with Gasteiger partial charge in [-0.25, -0.2) is 14.3 Å². The largest absolute Gasteiger partial charge is 0.497 e. The lowest BCUT2D eigenvalue weighted by Gasteiger charge is -2.32. The van der Waals surface area contributed by atoms with Gasteiger partial charge in [0.25, 0.3) is 0 Å². The average Bonchev–Trinajstić information content (AvgIpc) is 2.91. The maximum Gasteiger partial charge on any atom is 0.497 e. The summed E-state index contributed by atoms with van der Waals surface area (Å²) in [4.78, 5) is 17.1. The Kier molecular flexibility index (Phi) is 4.24. The lowest BCUT2D eigenvalue weighted by molar-refractivity contribution is 0.00578. The summed E-state index contributed by atoms with van der Waals surface area (Å²) >= 11 is 0. The van der Waals surface area contributed by atoms with Gasteiger partial charge in [0.05, 0.1) is 11.2 Å². The number of aryl methyl sites for hydroxylation is 1. The molecule has 2 aromatic heterocycles. The summed E-state index contributed by atoms with van der Waals surface area (Å²) in [5.41, 5.74) is 0.792. The molecule has 2 aromatic rings. The van der Waals surface area contributed by atoms with Crippen LogP contribution in [0, 0.1) is 6.92 Å². The second-order valence-corrected chi connectivity index (χ2v) is 8.91. The zero-order chi connectivity index (χ0) is 19.5. The highest BCUT2D eigenvalue weighted by molar-refractivity contribution is 6.65. The van der Waals surface area contributed by atoms with Gasteiger partial charge in [0.15, 0.2) is 0 Å². The van der Waals surface area contributed by atoms with Crippen LogP contribution in [0.3, 0.4) is 0 Å². The van der Waals surface area contributed by atoms with Crippen LogP contribution >= 0.6 is 0 Å². The van der Waals surface area contributed by atoms with E-state index in [2.05, 4.69) is 4.98 Å². The minimum atomic E-state index is -0.594. The molecule has 1 saturated heterocycles. The van der Waals surface area contributed by atoms with E-state index in [9.17, 15) is 4.79 Å². The molecule has 3 rings (SSSR count). The Hall–Kier alpha value is -1.86. The highest BCUT2D eigenvalue weighted by atomic mass is 16.7. The lowest BCUT2D eigenvalue weighted by atomic mass is 9.79. The molecule has 1 aliphatic heterocycles. The Morgan fingerprint density at radius 1 is 1.19 bits per heavy atom. The molecule has 0 bridgehead atoms. The van der Waals surface area contributed by atoms with Crippen molar-refractivity contribution < 1.29 is 18.8 Å². The van der Waals surface area contributed by atoms with Crippen molar-refractivity contribution in [1.29, 1.82) is 0 Å². The highest BCUT2D eigenvalue weighted by Gasteiger charge is 2.52. The molecule has 0 aliphatic carbocycles. The third-order valence-corrected chi connectivity index (χ3v) is 4.91. The molecule has 0 spiro atoms. The van der Waals surface area contributed by atoms with Crippen LogP contribution in [0.25, 0.3) is 11.0 Å². The number of carbonyl (C=O) groups is 1. The van der Waals surface area contributed by atoms with E-state index in [1.807, 2.05) is 61.5 Å². The number of aromatic nitrogens is 2. The summed E-state index contributed by atoms with van der Waals surface area (Å²) < 4.78 is 19.3. The van der Waals surface area contributed by atoms with Crippen molar-refractivity contribution in [2.24, 2.45) is 0 Å². The molecule has 1 fully saturated rings. The predicted octanol–water partition coefficient (Wildman–Crippen LogP) is 3.43. The van der Waals surface area contributed by atoms with Crippen LogP contribution in [0.2, 0.25) is 0 Å². The summed E-state index contributed by atoms with van der Waals surface area (Å²) in [7, 11) is -0.574. The lowest BCUT2D eigenvalue weighted by Crippen LogP contribution is -2.41. The van der Waals surface area contributed by atoms with Crippen LogP contribution < -0.4 is 5.46 Å². The standard InChI is InChI=1S/C19H27BN2O4/c1-12-9-13-14(20-25-18(5,6)19(7,8)26-20)11-22(15(13)21-10-12)16(23)24-17(2,3)4/h9-11H,1-8H3. The Morgan fingerprint density at radius 2 is 1.77 bits per heavy atom. The maximum atomic E-state index is 12.7. The fraction of sp³-hybridized carbons (Fsp3) is 0.579. The monoisotopic (exact) mass is 358 g/mol. The van der Waals surface area contributed by atoms with Crippen molar-refractivity contribution in [1.82, 2.24) is 9.55 Å². The number of nitrogens with zero attached hydrogens (tertiary/aromatic N) is 2. The first kappa shape index (κ1) is 18.9. The third-order valence-electron chi connectivity index (χ3n) is 4.91. The number of rotatable bonds is 1. The zero-order valence-corrected chi connectivity index (χ0v) is 16.8. The van der Waals surface area contributed by atoms with Gasteiger partial charge in [0.2, 0.25) is 0 Å². The van der Waals surface area contributed by atoms with Crippen molar-refractivity contribution in [2.75, 3.05) is 0 Å². The molecule has 3 heterocycles. The molecule has 0 unspecified atom stereocenters. The molecule has 0 N–H and O–H groups in total. The van der Waals surface area contributed by atoms with Crippen LogP contribution in [0.15, 0.2) is 18.5 Å². The van der Waals surface area contributed by atoms with Gasteiger partial charge in [-0.05, 0) is 67.0 Å². The van der Waals surface area contributed by atoms with E-state index >= 15 is 0 Å². The van der Waals surface area contributed by atoms with Gasteiger partial charge >= 0.3 is 13.2 Å². The first-order valence-corrected chi connectivity index (χ1v) is 8.87. The van der Waals surface area contributed by atoms with Gasteiger partial charge < -0.3 is 14.0 Å². The van der Waals surface area contributed by atoms with E-state index in [1.165, 1.54) is 4.57 Å². The summed E-state index contributed by atoms with van der Waals surface area (Å²) in [5.74, 6) is 0. The molecule has 6 nitrogen and oxygen atoms in total. The Bertz CT molecular complexity index is 848. The molecule has 0 radical (unpaired) electrons. The van der Waals surface area contributed by atoms with Gasteiger partial charge in [-0.3, -0.25) is 0 Å². The normalized spacial score (nSPS) is 19.2. The van der Waals surface area contributed by atoms with E-state index in [0.29, 0.717) is 5.65 Å². The Morgan fingerprint density at radius 3 is 2.31 bits per heavy atom. The summed E-state index contributed by atoms with van der Waals surface area (Å²) in [6.45, 7) is 15.5. The van der Waals surface area contributed by atoms with Crippen molar-refractivity contribution in [3.05, 3.63) is 24.0 Å². The topological polar surface area (TPSA) is 62.6 Å². The first-order chi connectivity index (χ1) is 11.8.